The molecule has 0 saturated carbocycles. The van der Waals surface area contributed by atoms with Crippen LogP contribution in [0, 0.1) is 19.3 Å². The summed E-state index contributed by atoms with van der Waals surface area (Å²) in [5.41, 5.74) is 6.59. The summed E-state index contributed by atoms with van der Waals surface area (Å²) < 4.78 is 25.7. The van der Waals surface area contributed by atoms with Gasteiger partial charge >= 0.3 is 0 Å². The van der Waals surface area contributed by atoms with Gasteiger partial charge in [0.05, 0.1) is 11.4 Å². The van der Waals surface area contributed by atoms with Crippen LogP contribution in [0.1, 0.15) is 5.56 Å². The van der Waals surface area contributed by atoms with Gasteiger partial charge in [-0.2, -0.15) is 4.72 Å². The van der Waals surface area contributed by atoms with E-state index in [0.717, 1.165) is 0 Å². The molecule has 80 valence electrons. The third kappa shape index (κ3) is 2.49. The first-order valence-electron chi connectivity index (χ1n) is 4.27. The highest BCUT2D eigenvalue weighted by molar-refractivity contribution is 7.89. The Morgan fingerprint density at radius 1 is 1.53 bits per heavy atom. The first-order valence-corrected chi connectivity index (χ1v) is 5.75. The van der Waals surface area contributed by atoms with Gasteiger partial charge in [0.25, 0.3) is 0 Å². The van der Waals surface area contributed by atoms with Crippen molar-refractivity contribution < 1.29 is 8.42 Å². The summed E-state index contributed by atoms with van der Waals surface area (Å²) >= 11 is 0. The minimum absolute atomic E-state index is 0.0312. The molecule has 0 saturated heterocycles. The SMILES string of the molecule is C#CCNS(=O)(=O)c1cccc(N)c1C. The van der Waals surface area contributed by atoms with Crippen molar-refractivity contribution in [3.8, 4) is 12.3 Å². The van der Waals surface area contributed by atoms with Gasteiger partial charge in [-0.25, -0.2) is 8.42 Å². The number of anilines is 1. The summed E-state index contributed by atoms with van der Waals surface area (Å²) in [6, 6.07) is 4.73. The monoisotopic (exact) mass is 224 g/mol. The molecule has 0 fully saturated rings. The highest BCUT2D eigenvalue weighted by atomic mass is 32.2. The van der Waals surface area contributed by atoms with Crippen molar-refractivity contribution in [1.29, 1.82) is 0 Å². The molecule has 1 aromatic carbocycles. The lowest BCUT2D eigenvalue weighted by molar-refractivity contribution is 0.585. The quantitative estimate of drug-likeness (QED) is 0.579. The molecule has 0 radical (unpaired) electrons. The average molecular weight is 224 g/mol. The summed E-state index contributed by atoms with van der Waals surface area (Å²) in [5.74, 6) is 2.21. The van der Waals surface area contributed by atoms with Gasteiger partial charge in [-0.1, -0.05) is 12.0 Å². The Bertz CT molecular complexity index is 501. The number of terminal acetylenes is 1. The number of nitrogens with two attached hydrogens (primary N) is 1. The van der Waals surface area contributed by atoms with Crippen LogP contribution in [-0.4, -0.2) is 15.0 Å². The van der Waals surface area contributed by atoms with Gasteiger partial charge in [0.1, 0.15) is 0 Å². The van der Waals surface area contributed by atoms with Crippen LogP contribution in [-0.2, 0) is 10.0 Å². The molecule has 0 spiro atoms. The van der Waals surface area contributed by atoms with Crippen LogP contribution in [0.4, 0.5) is 5.69 Å². The fraction of sp³-hybridized carbons (Fsp3) is 0.200. The van der Waals surface area contributed by atoms with E-state index >= 15 is 0 Å². The second-order valence-corrected chi connectivity index (χ2v) is 4.73. The summed E-state index contributed by atoms with van der Waals surface area (Å²) in [5, 5.41) is 0. The number of rotatable bonds is 3. The van der Waals surface area contributed by atoms with Crippen molar-refractivity contribution in [2.45, 2.75) is 11.8 Å². The second-order valence-electron chi connectivity index (χ2n) is 3.00. The molecule has 0 amide bonds. The lowest BCUT2D eigenvalue weighted by Gasteiger charge is -2.08. The zero-order chi connectivity index (χ0) is 11.5. The molecule has 0 bridgehead atoms. The van der Waals surface area contributed by atoms with Crippen LogP contribution < -0.4 is 10.5 Å². The van der Waals surface area contributed by atoms with E-state index in [1.165, 1.54) is 6.07 Å². The van der Waals surface area contributed by atoms with Gasteiger partial charge in [-0.15, -0.1) is 6.42 Å². The van der Waals surface area contributed by atoms with Crippen molar-refractivity contribution in [3.05, 3.63) is 23.8 Å². The molecule has 1 aromatic rings. The fourth-order valence-corrected chi connectivity index (χ4v) is 2.34. The third-order valence-electron chi connectivity index (χ3n) is 1.98. The predicted molar refractivity (Wildman–Crippen MR) is 59.6 cm³/mol. The predicted octanol–water partition coefficient (Wildman–Crippen LogP) is 0.489. The molecular weight excluding hydrogens is 212 g/mol. The Labute approximate surface area is 89.5 Å². The lowest BCUT2D eigenvalue weighted by Crippen LogP contribution is -2.24. The van der Waals surface area contributed by atoms with Gasteiger partial charge < -0.3 is 5.73 Å². The van der Waals surface area contributed by atoms with Gasteiger partial charge in [0.15, 0.2) is 0 Å². The summed E-state index contributed by atoms with van der Waals surface area (Å²) in [6.07, 6.45) is 4.98. The number of benzene rings is 1. The van der Waals surface area contributed by atoms with Crippen molar-refractivity contribution in [1.82, 2.24) is 4.72 Å². The van der Waals surface area contributed by atoms with E-state index in [9.17, 15) is 8.42 Å². The highest BCUT2D eigenvalue weighted by Crippen LogP contribution is 2.19. The van der Waals surface area contributed by atoms with Gasteiger partial charge in [0.2, 0.25) is 10.0 Å². The molecule has 0 heterocycles. The molecule has 0 aromatic heterocycles. The van der Waals surface area contributed by atoms with Crippen molar-refractivity contribution in [3.63, 3.8) is 0 Å². The molecule has 3 N–H and O–H groups in total. The summed E-state index contributed by atoms with van der Waals surface area (Å²) in [6.45, 7) is 1.62. The van der Waals surface area contributed by atoms with E-state index in [4.69, 9.17) is 12.2 Å². The van der Waals surface area contributed by atoms with E-state index < -0.39 is 10.0 Å². The Balaban J connectivity index is 3.17. The second kappa shape index (κ2) is 4.34. The van der Waals surface area contributed by atoms with Crippen molar-refractivity contribution in [2.75, 3.05) is 12.3 Å². The zero-order valence-corrected chi connectivity index (χ0v) is 9.14. The maximum atomic E-state index is 11.7. The van der Waals surface area contributed by atoms with E-state index in [1.807, 2.05) is 0 Å². The molecule has 0 aliphatic carbocycles. The third-order valence-corrected chi connectivity index (χ3v) is 3.53. The van der Waals surface area contributed by atoms with Crippen LogP contribution >= 0.6 is 0 Å². The smallest absolute Gasteiger partial charge is 0.241 e. The Morgan fingerprint density at radius 3 is 2.80 bits per heavy atom. The zero-order valence-electron chi connectivity index (χ0n) is 8.32. The van der Waals surface area contributed by atoms with E-state index in [-0.39, 0.29) is 11.4 Å². The number of hydrogen-bond donors (Lipinski definition) is 2. The summed E-state index contributed by atoms with van der Waals surface area (Å²) in [7, 11) is -3.55. The van der Waals surface area contributed by atoms with Crippen LogP contribution in [0.25, 0.3) is 0 Å². The first-order chi connectivity index (χ1) is 6.99. The van der Waals surface area contributed by atoms with E-state index in [1.54, 1.807) is 19.1 Å². The molecule has 0 unspecified atom stereocenters. The lowest BCUT2D eigenvalue weighted by atomic mass is 10.2. The van der Waals surface area contributed by atoms with E-state index in [0.29, 0.717) is 11.3 Å². The molecule has 15 heavy (non-hydrogen) atoms. The molecule has 5 heteroatoms. The number of nitrogens with one attached hydrogen (secondary N) is 1. The summed E-state index contributed by atoms with van der Waals surface area (Å²) in [4.78, 5) is 0.165. The number of sulfonamides is 1. The maximum Gasteiger partial charge on any atom is 0.241 e. The van der Waals surface area contributed by atoms with Crippen LogP contribution in [0.5, 0.6) is 0 Å². The van der Waals surface area contributed by atoms with Crippen LogP contribution in [0.15, 0.2) is 23.1 Å². The van der Waals surface area contributed by atoms with Crippen LogP contribution in [0.3, 0.4) is 0 Å². The first kappa shape index (κ1) is 11.6. The van der Waals surface area contributed by atoms with Gasteiger partial charge in [-0.3, -0.25) is 0 Å². The van der Waals surface area contributed by atoms with Crippen molar-refractivity contribution in [2.24, 2.45) is 0 Å². The number of hydrogen-bond acceptors (Lipinski definition) is 3. The molecule has 1 rings (SSSR count). The molecule has 4 nitrogen and oxygen atoms in total. The Hall–Kier alpha value is -1.51. The largest absolute Gasteiger partial charge is 0.398 e. The minimum atomic E-state index is -3.55. The normalized spacial score (nSPS) is 10.9. The number of nitrogen functional groups attached to an aromatic ring is 1. The van der Waals surface area contributed by atoms with Crippen LogP contribution in [0.2, 0.25) is 0 Å². The van der Waals surface area contributed by atoms with Crippen molar-refractivity contribution >= 4 is 15.7 Å². The fourth-order valence-electron chi connectivity index (χ4n) is 1.14. The topological polar surface area (TPSA) is 72.2 Å². The molecule has 0 aliphatic heterocycles. The van der Waals surface area contributed by atoms with Gasteiger partial charge in [0, 0.05) is 5.69 Å². The van der Waals surface area contributed by atoms with Gasteiger partial charge in [-0.05, 0) is 24.6 Å². The Morgan fingerprint density at radius 2 is 2.20 bits per heavy atom. The molecule has 0 atom stereocenters. The average Bonchev–Trinajstić information content (AvgIpc) is 2.19. The standard InChI is InChI=1S/C10H12N2O2S/c1-3-7-12-15(13,14)10-6-4-5-9(11)8(10)2/h1,4-6,12H,7,11H2,2H3. The minimum Gasteiger partial charge on any atom is -0.398 e. The molecule has 0 aliphatic rings. The van der Waals surface area contributed by atoms with E-state index in [2.05, 4.69) is 10.6 Å². The molecular formula is C10H12N2O2S. The highest BCUT2D eigenvalue weighted by Gasteiger charge is 2.16. The maximum absolute atomic E-state index is 11.7. The Kier molecular flexibility index (Phi) is 3.35.